The van der Waals surface area contributed by atoms with Gasteiger partial charge in [0.1, 0.15) is 5.94 Å². The normalized spacial score (nSPS) is 20.2. The van der Waals surface area contributed by atoms with Crippen LogP contribution in [0.25, 0.3) is 0 Å². The summed E-state index contributed by atoms with van der Waals surface area (Å²) in [4.78, 5) is 0. The molecule has 1 aliphatic carbocycles. The molecule has 0 bridgehead atoms. The van der Waals surface area contributed by atoms with Gasteiger partial charge in [-0.2, -0.15) is 0 Å². The van der Waals surface area contributed by atoms with Crippen molar-refractivity contribution in [1.82, 2.24) is 0 Å². The zero-order chi connectivity index (χ0) is 9.90. The van der Waals surface area contributed by atoms with Crippen molar-refractivity contribution < 1.29 is 13.2 Å². The van der Waals surface area contributed by atoms with E-state index in [1.165, 1.54) is 12.8 Å². The molecule has 2 N–H and O–H groups in total. The minimum atomic E-state index is -3.13. The molecule has 0 heterocycles. The maximum Gasteiger partial charge on any atom is 0.178 e. The molecule has 5 heteroatoms. The SMILES string of the molecule is CC(CN)S(=O)(=O)COCC1CC1. The van der Waals surface area contributed by atoms with Crippen molar-refractivity contribution >= 4 is 9.84 Å². The Bertz CT molecular complexity index is 246. The topological polar surface area (TPSA) is 69.4 Å². The van der Waals surface area contributed by atoms with Crippen molar-refractivity contribution in [2.24, 2.45) is 11.7 Å². The zero-order valence-electron chi connectivity index (χ0n) is 7.90. The van der Waals surface area contributed by atoms with E-state index < -0.39 is 15.1 Å². The van der Waals surface area contributed by atoms with Gasteiger partial charge < -0.3 is 10.5 Å². The Morgan fingerprint density at radius 1 is 1.54 bits per heavy atom. The number of nitrogens with two attached hydrogens (primary N) is 1. The predicted octanol–water partition coefficient (Wildman–Crippen LogP) is 0.132. The minimum absolute atomic E-state index is 0.162. The summed E-state index contributed by atoms with van der Waals surface area (Å²) < 4.78 is 27.8. The van der Waals surface area contributed by atoms with Crippen molar-refractivity contribution in [3.8, 4) is 0 Å². The first-order valence-electron chi connectivity index (χ1n) is 4.55. The van der Waals surface area contributed by atoms with E-state index in [0.29, 0.717) is 12.5 Å². The van der Waals surface area contributed by atoms with Crippen LogP contribution in [0.1, 0.15) is 19.8 Å². The van der Waals surface area contributed by atoms with Crippen molar-refractivity contribution in [1.29, 1.82) is 0 Å². The summed E-state index contributed by atoms with van der Waals surface area (Å²) >= 11 is 0. The highest BCUT2D eigenvalue weighted by Crippen LogP contribution is 2.28. The van der Waals surface area contributed by atoms with Crippen molar-refractivity contribution in [3.05, 3.63) is 0 Å². The molecular weight excluding hydrogens is 190 g/mol. The van der Waals surface area contributed by atoms with Crippen LogP contribution in [0.4, 0.5) is 0 Å². The summed E-state index contributed by atoms with van der Waals surface area (Å²) in [7, 11) is -3.13. The molecule has 78 valence electrons. The summed E-state index contributed by atoms with van der Waals surface area (Å²) in [5.41, 5.74) is 5.27. The molecule has 1 atom stereocenters. The van der Waals surface area contributed by atoms with Crippen LogP contribution in [0.2, 0.25) is 0 Å². The molecule has 0 radical (unpaired) electrons. The fourth-order valence-electron chi connectivity index (χ4n) is 0.878. The van der Waals surface area contributed by atoms with Crippen LogP contribution in [0.5, 0.6) is 0 Å². The van der Waals surface area contributed by atoms with Gasteiger partial charge in [0.25, 0.3) is 0 Å². The molecule has 0 aromatic heterocycles. The van der Waals surface area contributed by atoms with E-state index in [1.54, 1.807) is 6.92 Å². The highest BCUT2D eigenvalue weighted by atomic mass is 32.2. The first-order valence-corrected chi connectivity index (χ1v) is 6.27. The summed E-state index contributed by atoms with van der Waals surface area (Å²) in [5.74, 6) is 0.422. The molecule has 1 unspecified atom stereocenters. The van der Waals surface area contributed by atoms with Crippen LogP contribution in [0.15, 0.2) is 0 Å². The van der Waals surface area contributed by atoms with Crippen molar-refractivity contribution in [3.63, 3.8) is 0 Å². The van der Waals surface area contributed by atoms with Crippen LogP contribution in [-0.2, 0) is 14.6 Å². The molecule has 0 aromatic rings. The lowest BCUT2D eigenvalue weighted by molar-refractivity contribution is 0.164. The summed E-state index contributed by atoms with van der Waals surface area (Å²) in [5, 5.41) is -0.494. The number of hydrogen-bond donors (Lipinski definition) is 1. The van der Waals surface area contributed by atoms with Gasteiger partial charge >= 0.3 is 0 Å². The minimum Gasteiger partial charge on any atom is -0.365 e. The Morgan fingerprint density at radius 2 is 2.15 bits per heavy atom. The van der Waals surface area contributed by atoms with Crippen molar-refractivity contribution in [2.75, 3.05) is 19.1 Å². The second kappa shape index (κ2) is 4.39. The van der Waals surface area contributed by atoms with E-state index in [-0.39, 0.29) is 12.5 Å². The van der Waals surface area contributed by atoms with Gasteiger partial charge in [-0.25, -0.2) is 8.42 Å². The molecular formula is C8H17NO3S. The molecule has 1 saturated carbocycles. The highest BCUT2D eigenvalue weighted by molar-refractivity contribution is 7.91. The summed E-state index contributed by atoms with van der Waals surface area (Å²) in [6, 6.07) is 0. The molecule has 13 heavy (non-hydrogen) atoms. The van der Waals surface area contributed by atoms with E-state index in [4.69, 9.17) is 10.5 Å². The third-order valence-electron chi connectivity index (χ3n) is 2.24. The Morgan fingerprint density at radius 3 is 2.62 bits per heavy atom. The number of ether oxygens (including phenoxy) is 1. The Labute approximate surface area is 79.4 Å². The number of hydrogen-bond acceptors (Lipinski definition) is 4. The second-order valence-corrected chi connectivity index (χ2v) is 6.01. The third-order valence-corrected chi connectivity index (χ3v) is 4.16. The largest absolute Gasteiger partial charge is 0.365 e. The molecule has 1 fully saturated rings. The lowest BCUT2D eigenvalue weighted by Crippen LogP contribution is -2.29. The van der Waals surface area contributed by atoms with E-state index in [9.17, 15) is 8.42 Å². The molecule has 0 aromatic carbocycles. The van der Waals surface area contributed by atoms with Gasteiger partial charge in [-0.3, -0.25) is 0 Å². The van der Waals surface area contributed by atoms with Gasteiger partial charge in [-0.1, -0.05) is 0 Å². The number of sulfone groups is 1. The van der Waals surface area contributed by atoms with Gasteiger partial charge in [0, 0.05) is 6.54 Å². The standard InChI is InChI=1S/C8H17NO3S/c1-7(4-9)13(10,11)6-12-5-8-2-3-8/h7-8H,2-6,9H2,1H3. The fraction of sp³-hybridized carbons (Fsp3) is 1.00. The monoisotopic (exact) mass is 207 g/mol. The van der Waals surface area contributed by atoms with Gasteiger partial charge in [0.05, 0.1) is 11.9 Å². The van der Waals surface area contributed by atoms with Crippen molar-refractivity contribution in [2.45, 2.75) is 25.0 Å². The molecule has 0 saturated heterocycles. The Kier molecular flexibility index (Phi) is 3.70. The van der Waals surface area contributed by atoms with Crippen LogP contribution < -0.4 is 5.73 Å². The quantitative estimate of drug-likeness (QED) is 0.672. The highest BCUT2D eigenvalue weighted by Gasteiger charge is 2.24. The molecule has 0 amide bonds. The molecule has 1 rings (SSSR count). The van der Waals surface area contributed by atoms with E-state index in [2.05, 4.69) is 0 Å². The van der Waals surface area contributed by atoms with Crippen LogP contribution >= 0.6 is 0 Å². The molecule has 0 aliphatic heterocycles. The average molecular weight is 207 g/mol. The smallest absolute Gasteiger partial charge is 0.178 e. The fourth-order valence-corrected chi connectivity index (χ4v) is 1.73. The summed E-state index contributed by atoms with van der Waals surface area (Å²) in [6.45, 7) is 2.35. The summed E-state index contributed by atoms with van der Waals surface area (Å²) in [6.07, 6.45) is 2.35. The van der Waals surface area contributed by atoms with E-state index in [1.807, 2.05) is 0 Å². The van der Waals surface area contributed by atoms with Gasteiger partial charge in [0.2, 0.25) is 0 Å². The predicted molar refractivity (Wildman–Crippen MR) is 51.0 cm³/mol. The van der Waals surface area contributed by atoms with Crippen LogP contribution in [-0.4, -0.2) is 32.8 Å². The van der Waals surface area contributed by atoms with Gasteiger partial charge in [-0.05, 0) is 25.7 Å². The Hall–Kier alpha value is -0.130. The lowest BCUT2D eigenvalue weighted by Gasteiger charge is -2.10. The number of rotatable bonds is 6. The Balaban J connectivity index is 2.24. The average Bonchev–Trinajstić information content (AvgIpc) is 2.86. The first kappa shape index (κ1) is 10.9. The van der Waals surface area contributed by atoms with Crippen LogP contribution in [0, 0.1) is 5.92 Å². The van der Waals surface area contributed by atoms with E-state index in [0.717, 1.165) is 0 Å². The van der Waals surface area contributed by atoms with Gasteiger partial charge in [-0.15, -0.1) is 0 Å². The van der Waals surface area contributed by atoms with E-state index >= 15 is 0 Å². The lowest BCUT2D eigenvalue weighted by atomic mass is 10.5. The maximum atomic E-state index is 11.4. The zero-order valence-corrected chi connectivity index (χ0v) is 8.72. The molecule has 4 nitrogen and oxygen atoms in total. The second-order valence-electron chi connectivity index (χ2n) is 3.64. The third kappa shape index (κ3) is 3.62. The molecule has 1 aliphatic rings. The molecule has 0 spiro atoms. The van der Waals surface area contributed by atoms with Gasteiger partial charge in [0.15, 0.2) is 9.84 Å². The first-order chi connectivity index (χ1) is 6.06. The van der Waals surface area contributed by atoms with Crippen LogP contribution in [0.3, 0.4) is 0 Å². The maximum absolute atomic E-state index is 11.4.